The minimum absolute atomic E-state index is 0.142. The Morgan fingerprint density at radius 2 is 1.61 bits per heavy atom. The van der Waals surface area contributed by atoms with E-state index in [1.54, 1.807) is 0 Å². The lowest BCUT2D eigenvalue weighted by atomic mass is 10.1. The first-order valence-electron chi connectivity index (χ1n) is 9.98. The Balaban J connectivity index is 1.54. The normalized spacial score (nSPS) is 17.5. The van der Waals surface area contributed by atoms with E-state index >= 15 is 0 Å². The molecule has 1 amide bonds. The molecule has 0 N–H and O–H groups in total. The van der Waals surface area contributed by atoms with Crippen LogP contribution in [0.2, 0.25) is 5.02 Å². The molecule has 3 heterocycles. The molecule has 2 aromatic rings. The molecule has 28 heavy (non-hydrogen) atoms. The van der Waals surface area contributed by atoms with Crippen LogP contribution in [0.15, 0.2) is 42.7 Å². The third-order valence-corrected chi connectivity index (χ3v) is 5.81. The van der Waals surface area contributed by atoms with E-state index in [1.165, 1.54) is 11.4 Å². The highest BCUT2D eigenvalue weighted by Crippen LogP contribution is 2.29. The maximum Gasteiger partial charge on any atom is 0.256 e. The zero-order valence-corrected chi connectivity index (χ0v) is 17.3. The van der Waals surface area contributed by atoms with E-state index < -0.39 is 0 Å². The number of halogens is 1. The number of aromatic nitrogens is 1. The standard InChI is InChI=1S/C22H27ClN4O/c1-3-9-27-10-8-21(19-15-24(2)16-20(19)22(27)28)26-13-11-25(12-14-26)18-6-4-17(23)5-7-18/h4-8,15-16H,3,9-14H2,1-2H3. The van der Waals surface area contributed by atoms with Crippen molar-refractivity contribution in [3.8, 4) is 0 Å². The number of fused-ring (bicyclic) bond motifs is 1. The highest BCUT2D eigenvalue weighted by Gasteiger charge is 2.28. The number of nitrogens with zero attached hydrogens (tertiary/aromatic N) is 4. The van der Waals surface area contributed by atoms with Gasteiger partial charge >= 0.3 is 0 Å². The minimum Gasteiger partial charge on any atom is -0.368 e. The molecule has 0 aliphatic carbocycles. The smallest absolute Gasteiger partial charge is 0.256 e. The van der Waals surface area contributed by atoms with Gasteiger partial charge in [0.05, 0.1) is 5.56 Å². The lowest BCUT2D eigenvalue weighted by molar-refractivity contribution is 0.0775. The monoisotopic (exact) mass is 398 g/mol. The number of benzene rings is 1. The van der Waals surface area contributed by atoms with E-state index in [0.29, 0.717) is 6.54 Å². The zero-order chi connectivity index (χ0) is 19.7. The van der Waals surface area contributed by atoms with Gasteiger partial charge in [0.15, 0.2) is 0 Å². The number of carbonyl (C=O) groups excluding carboxylic acids is 1. The largest absolute Gasteiger partial charge is 0.368 e. The summed E-state index contributed by atoms with van der Waals surface area (Å²) in [5, 5.41) is 0.768. The third kappa shape index (κ3) is 3.63. The van der Waals surface area contributed by atoms with Gasteiger partial charge in [-0.05, 0) is 36.8 Å². The molecule has 0 saturated carbocycles. The summed E-state index contributed by atoms with van der Waals surface area (Å²) in [5.41, 5.74) is 4.28. The van der Waals surface area contributed by atoms with Crippen molar-refractivity contribution in [3.05, 3.63) is 58.9 Å². The summed E-state index contributed by atoms with van der Waals surface area (Å²) in [7, 11) is 1.99. The number of rotatable bonds is 4. The van der Waals surface area contributed by atoms with E-state index in [9.17, 15) is 4.79 Å². The third-order valence-electron chi connectivity index (χ3n) is 5.56. The Labute approximate surface area is 171 Å². The van der Waals surface area contributed by atoms with Crippen LogP contribution in [0.5, 0.6) is 0 Å². The maximum absolute atomic E-state index is 13.0. The Bertz CT molecular complexity index is 878. The Morgan fingerprint density at radius 3 is 2.29 bits per heavy atom. The molecule has 5 nitrogen and oxygen atoms in total. The summed E-state index contributed by atoms with van der Waals surface area (Å²) in [6.45, 7) is 7.36. The topological polar surface area (TPSA) is 31.7 Å². The fourth-order valence-corrected chi connectivity index (χ4v) is 4.26. The van der Waals surface area contributed by atoms with Gasteiger partial charge in [0, 0.05) is 80.7 Å². The summed E-state index contributed by atoms with van der Waals surface area (Å²) < 4.78 is 2.00. The van der Waals surface area contributed by atoms with Crippen LogP contribution in [-0.4, -0.2) is 59.5 Å². The van der Waals surface area contributed by atoms with Gasteiger partial charge in [0.25, 0.3) is 5.91 Å². The first kappa shape index (κ1) is 18.9. The second-order valence-electron chi connectivity index (χ2n) is 7.54. The van der Waals surface area contributed by atoms with Crippen molar-refractivity contribution in [1.29, 1.82) is 0 Å². The second-order valence-corrected chi connectivity index (χ2v) is 7.98. The highest BCUT2D eigenvalue weighted by atomic mass is 35.5. The number of anilines is 1. The van der Waals surface area contributed by atoms with Crippen molar-refractivity contribution >= 4 is 28.9 Å². The number of aryl methyl sites for hydroxylation is 1. The first-order chi connectivity index (χ1) is 13.6. The molecule has 148 valence electrons. The number of amides is 1. The quantitative estimate of drug-likeness (QED) is 0.786. The van der Waals surface area contributed by atoms with E-state index in [4.69, 9.17) is 11.6 Å². The average molecular weight is 399 g/mol. The molecule has 0 unspecified atom stereocenters. The summed E-state index contributed by atoms with van der Waals surface area (Å²) in [6, 6.07) is 8.06. The zero-order valence-electron chi connectivity index (χ0n) is 16.6. The molecule has 0 spiro atoms. The van der Waals surface area contributed by atoms with Crippen molar-refractivity contribution in [3.63, 3.8) is 0 Å². The van der Waals surface area contributed by atoms with Crippen molar-refractivity contribution < 1.29 is 4.79 Å². The lowest BCUT2D eigenvalue weighted by Crippen LogP contribution is -2.45. The van der Waals surface area contributed by atoms with Crippen molar-refractivity contribution in [2.24, 2.45) is 7.05 Å². The Hall–Kier alpha value is -2.40. The van der Waals surface area contributed by atoms with Gasteiger partial charge in [-0.15, -0.1) is 0 Å². The van der Waals surface area contributed by atoms with Crippen LogP contribution in [0.4, 0.5) is 5.69 Å². The van der Waals surface area contributed by atoms with Gasteiger partial charge in [-0.25, -0.2) is 0 Å². The van der Waals surface area contributed by atoms with E-state index in [-0.39, 0.29) is 5.91 Å². The van der Waals surface area contributed by atoms with Gasteiger partial charge in [-0.2, -0.15) is 0 Å². The van der Waals surface area contributed by atoms with Gasteiger partial charge in [-0.3, -0.25) is 4.79 Å². The molecule has 2 aliphatic heterocycles. The van der Waals surface area contributed by atoms with Crippen LogP contribution < -0.4 is 4.90 Å². The minimum atomic E-state index is 0.142. The molecule has 1 aromatic carbocycles. The van der Waals surface area contributed by atoms with E-state index in [2.05, 4.69) is 41.1 Å². The van der Waals surface area contributed by atoms with Gasteiger partial charge in [0.1, 0.15) is 0 Å². The average Bonchev–Trinajstić information content (AvgIpc) is 3.04. The molecule has 2 aliphatic rings. The molecular formula is C22H27ClN4O. The predicted molar refractivity (Wildman–Crippen MR) is 115 cm³/mol. The fourth-order valence-electron chi connectivity index (χ4n) is 4.14. The van der Waals surface area contributed by atoms with Gasteiger partial charge in [0.2, 0.25) is 0 Å². The van der Waals surface area contributed by atoms with Crippen LogP contribution in [0.1, 0.15) is 29.3 Å². The molecular weight excluding hydrogens is 372 g/mol. The van der Waals surface area contributed by atoms with Crippen LogP contribution >= 0.6 is 11.6 Å². The summed E-state index contributed by atoms with van der Waals surface area (Å²) >= 11 is 6.02. The summed E-state index contributed by atoms with van der Waals surface area (Å²) in [6.07, 6.45) is 7.25. The lowest BCUT2D eigenvalue weighted by Gasteiger charge is -2.38. The van der Waals surface area contributed by atoms with Crippen LogP contribution in [-0.2, 0) is 7.05 Å². The molecule has 1 fully saturated rings. The molecule has 1 saturated heterocycles. The number of hydrogen-bond acceptors (Lipinski definition) is 3. The van der Waals surface area contributed by atoms with E-state index in [0.717, 1.165) is 55.3 Å². The SMILES string of the molecule is CCCN1CC=C(N2CCN(c3ccc(Cl)cc3)CC2)c2cn(C)cc2C1=O. The second kappa shape index (κ2) is 7.92. The van der Waals surface area contributed by atoms with Crippen molar-refractivity contribution in [1.82, 2.24) is 14.4 Å². The molecule has 0 radical (unpaired) electrons. The fraction of sp³-hybridized carbons (Fsp3) is 0.409. The van der Waals surface area contributed by atoms with Crippen LogP contribution in [0.3, 0.4) is 0 Å². The molecule has 0 atom stereocenters. The molecule has 6 heteroatoms. The summed E-state index contributed by atoms with van der Waals surface area (Å²) in [4.78, 5) is 19.7. The van der Waals surface area contributed by atoms with Crippen LogP contribution in [0.25, 0.3) is 5.70 Å². The number of carbonyl (C=O) groups is 1. The molecule has 0 bridgehead atoms. The maximum atomic E-state index is 13.0. The number of piperazine rings is 1. The molecule has 4 rings (SSSR count). The predicted octanol–water partition coefficient (Wildman–Crippen LogP) is 3.71. The van der Waals surface area contributed by atoms with Crippen LogP contribution in [0, 0.1) is 0 Å². The highest BCUT2D eigenvalue weighted by molar-refractivity contribution is 6.30. The molecule has 1 aromatic heterocycles. The van der Waals surface area contributed by atoms with Crippen molar-refractivity contribution in [2.45, 2.75) is 13.3 Å². The first-order valence-corrected chi connectivity index (χ1v) is 10.4. The summed E-state index contributed by atoms with van der Waals surface area (Å²) in [5.74, 6) is 0.142. The Morgan fingerprint density at radius 1 is 0.964 bits per heavy atom. The van der Waals surface area contributed by atoms with Crippen molar-refractivity contribution in [2.75, 3.05) is 44.2 Å². The number of hydrogen-bond donors (Lipinski definition) is 0. The van der Waals surface area contributed by atoms with Gasteiger partial charge < -0.3 is 19.3 Å². The Kier molecular flexibility index (Phi) is 5.36. The van der Waals surface area contributed by atoms with Gasteiger partial charge in [-0.1, -0.05) is 18.5 Å². The van der Waals surface area contributed by atoms with E-state index in [1.807, 2.05) is 34.8 Å².